The molecular formula is H15Ba3O7P. The molecule has 0 radical (unpaired) electrons. The molecule has 0 spiro atoms. The third kappa shape index (κ3) is 107. The molecule has 0 aromatic rings. The summed E-state index contributed by atoms with van der Waals surface area (Å²) in [7, 11) is -4.64. The van der Waals surface area contributed by atoms with Gasteiger partial charge in [0.1, 0.15) is 0 Å². The molecule has 0 rings (SSSR count). The third-order valence-corrected chi connectivity index (χ3v) is 0. The topological polar surface area (TPSA) is 172 Å². The van der Waals surface area contributed by atoms with Crippen molar-refractivity contribution in [1.82, 2.24) is 0 Å². The van der Waals surface area contributed by atoms with Crippen molar-refractivity contribution in [2.24, 2.45) is 0 Å². The van der Waals surface area contributed by atoms with Gasteiger partial charge in [-0.1, -0.05) is 0 Å². The second-order valence-electron chi connectivity index (χ2n) is 0.513. The standard InChI is InChI=1S/3Ba.H3O4P.3H2O.6H/c;;;1-5(2,3)4;;;;;;;;;/h;;;(H3,1,2,3,4);3*1H2;;;;;;. The molecule has 68 valence electrons. The van der Waals surface area contributed by atoms with Crippen LogP contribution < -0.4 is 0 Å². The predicted octanol–water partition coefficient (Wildman–Crippen LogP) is -6.15. The van der Waals surface area contributed by atoms with Crippen LogP contribution in [0.25, 0.3) is 0 Å². The van der Waals surface area contributed by atoms with E-state index in [-0.39, 0.29) is 163 Å². The van der Waals surface area contributed by atoms with Gasteiger partial charge in [0.2, 0.25) is 0 Å². The fourth-order valence-electron chi connectivity index (χ4n) is 0. The summed E-state index contributed by atoms with van der Waals surface area (Å²) in [5.41, 5.74) is 0. The van der Waals surface area contributed by atoms with E-state index in [1.807, 2.05) is 0 Å². The third-order valence-electron chi connectivity index (χ3n) is 0. The number of hydrogen-bond acceptors (Lipinski definition) is 1. The van der Waals surface area contributed by atoms with Crippen LogP contribution in [0.2, 0.25) is 0 Å². The monoisotopic (exact) mass is 572 g/mol. The first kappa shape index (κ1) is 44.8. The molecule has 0 aromatic heterocycles. The van der Waals surface area contributed by atoms with Gasteiger partial charge in [-0.3, -0.25) is 0 Å². The summed E-state index contributed by atoms with van der Waals surface area (Å²) in [5, 5.41) is 0. The Morgan fingerprint density at radius 1 is 0.727 bits per heavy atom. The number of rotatable bonds is 0. The predicted molar refractivity (Wildman–Crippen MR) is 50.7 cm³/mol. The fraction of sp³-hybridized carbons (Fsp3) is 0. The van der Waals surface area contributed by atoms with E-state index in [0.717, 1.165) is 0 Å². The summed E-state index contributed by atoms with van der Waals surface area (Å²) in [6, 6.07) is 0. The van der Waals surface area contributed by atoms with Gasteiger partial charge in [0.05, 0.1) is 0 Å². The van der Waals surface area contributed by atoms with Crippen molar-refractivity contribution in [2.75, 3.05) is 0 Å². The van der Waals surface area contributed by atoms with Crippen LogP contribution in [0.5, 0.6) is 0 Å². The Bertz CT molecular complexity index is 59.8. The van der Waals surface area contributed by atoms with Gasteiger partial charge < -0.3 is 31.1 Å². The molecule has 7 nitrogen and oxygen atoms in total. The quantitative estimate of drug-likeness (QED) is 0.195. The van der Waals surface area contributed by atoms with Crippen LogP contribution >= 0.6 is 7.82 Å². The Balaban J connectivity index is -0.00000000533. The second kappa shape index (κ2) is 24.1. The SMILES string of the molecule is O.O.O.O=P(O)(O)O.[BaH2].[BaH2].[BaH2]. The minimum absolute atomic E-state index is 0. The van der Waals surface area contributed by atoms with Crippen LogP contribution in [-0.4, -0.2) is 178 Å². The maximum atomic E-state index is 8.88. The molecule has 0 heterocycles. The second-order valence-corrected chi connectivity index (χ2v) is 1.54. The van der Waals surface area contributed by atoms with Gasteiger partial charge in [-0.15, -0.1) is 0 Å². The van der Waals surface area contributed by atoms with Crippen molar-refractivity contribution < 1.29 is 35.7 Å². The average Bonchev–Trinajstić information content (AvgIpc) is 0.722. The van der Waals surface area contributed by atoms with Gasteiger partial charge in [-0.05, 0) is 0 Å². The van der Waals surface area contributed by atoms with Crippen molar-refractivity contribution in [1.29, 1.82) is 0 Å². The molecule has 0 saturated carbocycles. The molecule has 0 unspecified atom stereocenters. The molecular weight excluding hydrogens is 555 g/mol. The summed E-state index contributed by atoms with van der Waals surface area (Å²) in [6.45, 7) is 0. The minimum atomic E-state index is -4.64. The molecule has 11 heavy (non-hydrogen) atoms. The first-order chi connectivity index (χ1) is 2.00. The summed E-state index contributed by atoms with van der Waals surface area (Å²) in [4.78, 5) is 21.6. The molecule has 0 aliphatic rings. The van der Waals surface area contributed by atoms with E-state index >= 15 is 0 Å². The molecule has 9 N–H and O–H groups in total. The van der Waals surface area contributed by atoms with Crippen LogP contribution in [0, 0.1) is 0 Å². The van der Waals surface area contributed by atoms with E-state index in [1.54, 1.807) is 0 Å². The summed E-state index contributed by atoms with van der Waals surface area (Å²) >= 11 is 0. The Labute approximate surface area is 184 Å². The first-order valence-electron chi connectivity index (χ1n) is 0.783. The number of hydrogen-bond donors (Lipinski definition) is 3. The molecule has 0 bridgehead atoms. The molecule has 0 atom stereocenters. The fourth-order valence-corrected chi connectivity index (χ4v) is 0. The van der Waals surface area contributed by atoms with Gasteiger partial charge >= 0.3 is 154 Å². The average molecular weight is 570 g/mol. The van der Waals surface area contributed by atoms with Gasteiger partial charge in [-0.2, -0.15) is 0 Å². The molecule has 0 aliphatic carbocycles. The van der Waals surface area contributed by atoms with E-state index in [2.05, 4.69) is 0 Å². The van der Waals surface area contributed by atoms with E-state index in [4.69, 9.17) is 19.2 Å². The summed E-state index contributed by atoms with van der Waals surface area (Å²) in [5.74, 6) is 0. The molecule has 0 aromatic carbocycles. The van der Waals surface area contributed by atoms with Gasteiger partial charge in [0.15, 0.2) is 0 Å². The Hall–Kier alpha value is 4.70. The normalized spacial score (nSPS) is 5.36. The molecule has 0 fully saturated rings. The van der Waals surface area contributed by atoms with Crippen LogP contribution in [0.1, 0.15) is 0 Å². The van der Waals surface area contributed by atoms with Gasteiger partial charge in [-0.25, -0.2) is 4.57 Å². The van der Waals surface area contributed by atoms with E-state index in [0.29, 0.717) is 0 Å². The summed E-state index contributed by atoms with van der Waals surface area (Å²) in [6.07, 6.45) is 0. The van der Waals surface area contributed by atoms with Gasteiger partial charge in [0.25, 0.3) is 0 Å². The zero-order valence-electron chi connectivity index (χ0n) is 3.70. The van der Waals surface area contributed by atoms with Crippen LogP contribution in [-0.2, 0) is 4.57 Å². The van der Waals surface area contributed by atoms with Crippen molar-refractivity contribution in [2.45, 2.75) is 0 Å². The van der Waals surface area contributed by atoms with Gasteiger partial charge in [0, 0.05) is 0 Å². The van der Waals surface area contributed by atoms with Crippen LogP contribution in [0.3, 0.4) is 0 Å². The molecule has 0 aliphatic heterocycles. The van der Waals surface area contributed by atoms with Crippen LogP contribution in [0.4, 0.5) is 0 Å². The summed E-state index contributed by atoms with van der Waals surface area (Å²) < 4.78 is 8.88. The van der Waals surface area contributed by atoms with Crippen molar-refractivity contribution in [3.05, 3.63) is 0 Å². The maximum absolute atomic E-state index is 8.88. The molecule has 11 heteroatoms. The van der Waals surface area contributed by atoms with Crippen molar-refractivity contribution in [3.8, 4) is 0 Å². The molecule has 0 amide bonds. The van der Waals surface area contributed by atoms with Crippen molar-refractivity contribution >= 4 is 154 Å². The zero-order chi connectivity index (χ0) is 4.50. The first-order valence-corrected chi connectivity index (χ1v) is 2.35. The van der Waals surface area contributed by atoms with Crippen molar-refractivity contribution in [3.63, 3.8) is 0 Å². The Morgan fingerprint density at radius 3 is 0.727 bits per heavy atom. The molecule has 0 saturated heterocycles. The van der Waals surface area contributed by atoms with E-state index in [9.17, 15) is 0 Å². The van der Waals surface area contributed by atoms with E-state index in [1.165, 1.54) is 0 Å². The van der Waals surface area contributed by atoms with E-state index < -0.39 is 7.82 Å². The Kier molecular flexibility index (Phi) is 98.2. The number of phosphoric acid groups is 1. The Morgan fingerprint density at radius 2 is 0.727 bits per heavy atom. The zero-order valence-corrected chi connectivity index (χ0v) is 4.59. The van der Waals surface area contributed by atoms with Crippen LogP contribution in [0.15, 0.2) is 0 Å².